The molecule has 2 aliphatic rings. The van der Waals surface area contributed by atoms with Crippen LogP contribution in [-0.2, 0) is 9.59 Å². The van der Waals surface area contributed by atoms with Crippen molar-refractivity contribution in [2.45, 2.75) is 38.5 Å². The van der Waals surface area contributed by atoms with E-state index in [1.165, 1.54) is 0 Å². The number of benzene rings is 3. The molecule has 5 rings (SSSR count). The summed E-state index contributed by atoms with van der Waals surface area (Å²) in [6.07, 6.45) is 0.981. The minimum atomic E-state index is -0.477. The van der Waals surface area contributed by atoms with Crippen LogP contribution in [0.15, 0.2) is 89.3 Å². The smallest absolute Gasteiger partial charge is 0.254 e. The highest BCUT2D eigenvalue weighted by Crippen LogP contribution is 2.47. The number of hydrogen-bond donors (Lipinski definition) is 2. The van der Waals surface area contributed by atoms with E-state index in [-0.39, 0.29) is 17.6 Å². The van der Waals surface area contributed by atoms with E-state index in [0.29, 0.717) is 46.9 Å². The lowest BCUT2D eigenvalue weighted by molar-refractivity contribution is -0.116. The molecule has 1 aliphatic heterocycles. The Morgan fingerprint density at radius 3 is 2.27 bits per heavy atom. The standard InChI is InChI=1S/C33H34N2O5/c1-19-8-6-7-9-25(19)31-30(33(37)35-23-11-13-24(38-3)14-12-23)20(2)34-26-16-22(17-27(36)32(26)31)21-10-15-28(39-4)29(18-21)40-5/h6-15,18,22,31,34H,16-17H2,1-5H3,(H,35,37)/t22-,31+/m1/s1. The molecule has 0 saturated carbocycles. The van der Waals surface area contributed by atoms with Gasteiger partial charge in [0.1, 0.15) is 5.75 Å². The van der Waals surface area contributed by atoms with Gasteiger partial charge in [-0.3, -0.25) is 9.59 Å². The fourth-order valence-electron chi connectivity index (χ4n) is 5.78. The molecule has 2 N–H and O–H groups in total. The topological polar surface area (TPSA) is 85.9 Å². The number of carbonyl (C=O) groups is 2. The highest BCUT2D eigenvalue weighted by atomic mass is 16.5. The normalized spacial score (nSPS) is 18.6. The number of rotatable bonds is 7. The number of ether oxygens (including phenoxy) is 3. The van der Waals surface area contributed by atoms with Gasteiger partial charge < -0.3 is 24.8 Å². The molecule has 0 radical (unpaired) electrons. The Hall–Kier alpha value is -4.52. The number of carbonyl (C=O) groups excluding carboxylic acids is 2. The molecule has 0 aromatic heterocycles. The minimum Gasteiger partial charge on any atom is -0.497 e. The summed E-state index contributed by atoms with van der Waals surface area (Å²) in [6.45, 7) is 3.92. The molecule has 0 saturated heterocycles. The third-order valence-electron chi connectivity index (χ3n) is 7.80. The van der Waals surface area contributed by atoms with Crippen molar-refractivity contribution < 1.29 is 23.8 Å². The lowest BCUT2D eigenvalue weighted by Crippen LogP contribution is -2.37. The quantitative estimate of drug-likeness (QED) is 0.383. The number of allylic oxidation sites excluding steroid dienone is 3. The van der Waals surface area contributed by atoms with Crippen molar-refractivity contribution in [2.24, 2.45) is 0 Å². The summed E-state index contributed by atoms with van der Waals surface area (Å²) in [5.74, 6) is 1.27. The largest absolute Gasteiger partial charge is 0.497 e. The van der Waals surface area contributed by atoms with E-state index in [0.717, 1.165) is 28.1 Å². The van der Waals surface area contributed by atoms with Crippen molar-refractivity contribution in [3.8, 4) is 17.2 Å². The Morgan fingerprint density at radius 1 is 0.875 bits per heavy atom. The van der Waals surface area contributed by atoms with E-state index in [9.17, 15) is 9.59 Å². The molecule has 7 nitrogen and oxygen atoms in total. The summed E-state index contributed by atoms with van der Waals surface area (Å²) in [5.41, 5.74) is 6.45. The summed E-state index contributed by atoms with van der Waals surface area (Å²) >= 11 is 0. The Labute approximate surface area is 234 Å². The maximum absolute atomic E-state index is 14.0. The number of nitrogens with one attached hydrogen (secondary N) is 2. The first-order valence-electron chi connectivity index (χ1n) is 13.3. The second-order valence-electron chi connectivity index (χ2n) is 10.2. The number of anilines is 1. The van der Waals surface area contributed by atoms with Gasteiger partial charge in [-0.05, 0) is 79.3 Å². The summed E-state index contributed by atoms with van der Waals surface area (Å²) < 4.78 is 16.2. The van der Waals surface area contributed by atoms with Gasteiger partial charge in [0.05, 0.1) is 21.3 Å². The Morgan fingerprint density at radius 2 is 1.60 bits per heavy atom. The lowest BCUT2D eigenvalue weighted by atomic mass is 9.71. The molecule has 0 bridgehead atoms. The zero-order valence-electron chi connectivity index (χ0n) is 23.5. The predicted octanol–water partition coefficient (Wildman–Crippen LogP) is 6.02. The van der Waals surface area contributed by atoms with Crippen molar-refractivity contribution in [1.29, 1.82) is 0 Å². The zero-order valence-corrected chi connectivity index (χ0v) is 23.5. The first-order valence-corrected chi connectivity index (χ1v) is 13.3. The Balaban J connectivity index is 1.53. The van der Waals surface area contributed by atoms with Crippen molar-refractivity contribution in [3.63, 3.8) is 0 Å². The monoisotopic (exact) mass is 538 g/mol. The van der Waals surface area contributed by atoms with Crippen molar-refractivity contribution in [3.05, 3.63) is 106 Å². The molecule has 3 aromatic carbocycles. The van der Waals surface area contributed by atoms with Gasteiger partial charge >= 0.3 is 0 Å². The Bertz CT molecular complexity index is 1520. The second-order valence-corrected chi connectivity index (χ2v) is 10.2. The minimum absolute atomic E-state index is 0.0291. The molecule has 40 heavy (non-hydrogen) atoms. The first kappa shape index (κ1) is 27.1. The highest BCUT2D eigenvalue weighted by molar-refractivity contribution is 6.10. The van der Waals surface area contributed by atoms with Crippen LogP contribution in [0, 0.1) is 6.92 Å². The van der Waals surface area contributed by atoms with Crippen LogP contribution in [0.2, 0.25) is 0 Å². The van der Waals surface area contributed by atoms with Crippen molar-refractivity contribution >= 4 is 17.4 Å². The van der Waals surface area contributed by atoms with Crippen LogP contribution in [0.25, 0.3) is 0 Å². The maximum Gasteiger partial charge on any atom is 0.254 e. The molecule has 3 aromatic rings. The van der Waals surface area contributed by atoms with E-state index < -0.39 is 5.92 Å². The van der Waals surface area contributed by atoms with Crippen LogP contribution in [0.4, 0.5) is 5.69 Å². The van der Waals surface area contributed by atoms with Gasteiger partial charge in [0.25, 0.3) is 5.91 Å². The van der Waals surface area contributed by atoms with Gasteiger partial charge in [0, 0.05) is 40.6 Å². The van der Waals surface area contributed by atoms with Gasteiger partial charge in [0.2, 0.25) is 0 Å². The van der Waals surface area contributed by atoms with Crippen LogP contribution >= 0.6 is 0 Å². The number of aryl methyl sites for hydroxylation is 1. The van der Waals surface area contributed by atoms with Crippen LogP contribution in [0.3, 0.4) is 0 Å². The third-order valence-corrected chi connectivity index (χ3v) is 7.80. The SMILES string of the molecule is COc1ccc(NC(=O)C2=C(C)NC3=C(C(=O)C[C@H](c4ccc(OC)c(OC)c4)C3)[C@H]2c2ccccc2C)cc1. The van der Waals surface area contributed by atoms with Crippen LogP contribution in [0.1, 0.15) is 48.3 Å². The van der Waals surface area contributed by atoms with E-state index in [1.807, 2.05) is 56.3 Å². The van der Waals surface area contributed by atoms with Gasteiger partial charge in [-0.15, -0.1) is 0 Å². The predicted molar refractivity (Wildman–Crippen MR) is 155 cm³/mol. The summed E-state index contributed by atoms with van der Waals surface area (Å²) in [5, 5.41) is 6.48. The average Bonchev–Trinajstić information content (AvgIpc) is 2.96. The number of hydrogen-bond acceptors (Lipinski definition) is 6. The molecule has 1 heterocycles. The van der Waals surface area contributed by atoms with Crippen LogP contribution < -0.4 is 24.8 Å². The number of methoxy groups -OCH3 is 3. The van der Waals surface area contributed by atoms with Gasteiger partial charge in [0.15, 0.2) is 17.3 Å². The maximum atomic E-state index is 14.0. The highest BCUT2D eigenvalue weighted by Gasteiger charge is 2.41. The number of ketones is 1. The zero-order chi connectivity index (χ0) is 28.4. The van der Waals surface area contributed by atoms with Crippen molar-refractivity contribution in [2.75, 3.05) is 26.6 Å². The first-order chi connectivity index (χ1) is 19.3. The molecular formula is C33H34N2O5. The fraction of sp³-hybridized carbons (Fsp3) is 0.273. The Kier molecular flexibility index (Phi) is 7.65. The molecule has 0 fully saturated rings. The molecule has 1 aliphatic carbocycles. The van der Waals surface area contributed by atoms with Gasteiger partial charge in [-0.1, -0.05) is 30.3 Å². The summed E-state index contributed by atoms with van der Waals surface area (Å²) in [7, 11) is 4.81. The second kappa shape index (κ2) is 11.3. The molecule has 1 amide bonds. The average molecular weight is 539 g/mol. The van der Waals surface area contributed by atoms with Crippen LogP contribution in [-0.4, -0.2) is 33.0 Å². The number of amides is 1. The van der Waals surface area contributed by atoms with E-state index >= 15 is 0 Å². The fourth-order valence-corrected chi connectivity index (χ4v) is 5.78. The van der Waals surface area contributed by atoms with E-state index in [4.69, 9.17) is 14.2 Å². The van der Waals surface area contributed by atoms with Crippen molar-refractivity contribution in [1.82, 2.24) is 5.32 Å². The third kappa shape index (κ3) is 5.07. The summed E-state index contributed by atoms with van der Waals surface area (Å²) in [6, 6.07) is 21.0. The molecular weight excluding hydrogens is 504 g/mol. The number of dihydropyridines is 1. The molecule has 2 atom stereocenters. The van der Waals surface area contributed by atoms with Crippen LogP contribution in [0.5, 0.6) is 17.2 Å². The molecule has 0 unspecified atom stereocenters. The van der Waals surface area contributed by atoms with E-state index in [2.05, 4.69) is 10.6 Å². The lowest BCUT2D eigenvalue weighted by Gasteiger charge is -2.37. The molecule has 7 heteroatoms. The van der Waals surface area contributed by atoms with E-state index in [1.54, 1.807) is 45.6 Å². The van der Waals surface area contributed by atoms with Gasteiger partial charge in [-0.25, -0.2) is 0 Å². The summed E-state index contributed by atoms with van der Waals surface area (Å²) in [4.78, 5) is 27.8. The number of Topliss-reactive ketones (excluding diaryl/α,β-unsaturated/α-hetero) is 1. The van der Waals surface area contributed by atoms with Gasteiger partial charge in [-0.2, -0.15) is 0 Å². The molecule has 206 valence electrons. The molecule has 0 spiro atoms.